The van der Waals surface area contributed by atoms with Gasteiger partial charge in [-0.2, -0.15) is 0 Å². The number of ketones is 1. The molecule has 3 heteroatoms. The fourth-order valence-corrected chi connectivity index (χ4v) is 1.59. The summed E-state index contributed by atoms with van der Waals surface area (Å²) in [5.74, 6) is -0.675. The second kappa shape index (κ2) is 7.43. The maximum atomic E-state index is 11.3. The Hall–Kier alpha value is -1.90. The van der Waals surface area contributed by atoms with Crippen LogP contribution in [-0.2, 0) is 20.7 Å². The third-order valence-corrected chi connectivity index (χ3v) is 2.50. The summed E-state index contributed by atoms with van der Waals surface area (Å²) in [5.41, 5.74) is 1.19. The smallest absolute Gasteiger partial charge is 0.313 e. The summed E-state index contributed by atoms with van der Waals surface area (Å²) >= 11 is 0. The van der Waals surface area contributed by atoms with E-state index in [0.29, 0.717) is 6.42 Å². The molecule has 3 nitrogen and oxygen atoms in total. The van der Waals surface area contributed by atoms with Gasteiger partial charge in [0.25, 0.3) is 0 Å². The molecule has 1 aromatic carbocycles. The monoisotopic (exact) mass is 246 g/mol. The van der Waals surface area contributed by atoms with Crippen molar-refractivity contribution in [1.29, 1.82) is 0 Å². The molecule has 0 aromatic heterocycles. The number of Topliss-reactive ketones (excluding diaryl/α,β-unsaturated/α-hetero) is 1. The molecule has 0 aliphatic rings. The van der Waals surface area contributed by atoms with E-state index in [-0.39, 0.29) is 18.3 Å². The minimum Gasteiger partial charge on any atom is -0.458 e. The highest BCUT2D eigenvalue weighted by molar-refractivity contribution is 5.94. The summed E-state index contributed by atoms with van der Waals surface area (Å²) in [6, 6.07) is 9.95. The number of rotatable bonds is 7. The predicted molar refractivity (Wildman–Crippen MR) is 70.1 cm³/mol. The Morgan fingerprint density at radius 3 is 2.56 bits per heavy atom. The molecule has 18 heavy (non-hydrogen) atoms. The Bertz CT molecular complexity index is 409. The number of benzene rings is 1. The summed E-state index contributed by atoms with van der Waals surface area (Å²) in [6.45, 7) is 5.01. The second-order valence-corrected chi connectivity index (χ2v) is 4.17. The fourth-order valence-electron chi connectivity index (χ4n) is 1.59. The van der Waals surface area contributed by atoms with E-state index in [0.717, 1.165) is 6.42 Å². The van der Waals surface area contributed by atoms with E-state index in [4.69, 9.17) is 4.74 Å². The average molecular weight is 246 g/mol. The van der Waals surface area contributed by atoms with Gasteiger partial charge in [-0.3, -0.25) is 9.59 Å². The van der Waals surface area contributed by atoms with Crippen LogP contribution in [-0.4, -0.2) is 17.9 Å². The van der Waals surface area contributed by atoms with Crippen LogP contribution >= 0.6 is 0 Å². The molecule has 0 saturated carbocycles. The Kier molecular flexibility index (Phi) is 5.85. The first-order valence-electron chi connectivity index (χ1n) is 5.97. The highest BCUT2D eigenvalue weighted by atomic mass is 16.5. The zero-order chi connectivity index (χ0) is 13.4. The standard InChI is InChI=1S/C15H18O3/c1-3-14(18-15(17)11-12(2)16)10-9-13-7-5-4-6-8-13/h3-8,14H,1,9-11H2,2H3. The maximum Gasteiger partial charge on any atom is 0.313 e. The molecule has 0 amide bonds. The van der Waals surface area contributed by atoms with Gasteiger partial charge in [-0.25, -0.2) is 0 Å². The van der Waals surface area contributed by atoms with Crippen LogP contribution in [0.1, 0.15) is 25.3 Å². The Balaban J connectivity index is 2.40. The molecular formula is C15H18O3. The Morgan fingerprint density at radius 2 is 2.00 bits per heavy atom. The lowest BCUT2D eigenvalue weighted by Gasteiger charge is -2.13. The van der Waals surface area contributed by atoms with Crippen LogP contribution in [0.4, 0.5) is 0 Å². The minimum absolute atomic E-state index is 0.171. The maximum absolute atomic E-state index is 11.3. The zero-order valence-electron chi connectivity index (χ0n) is 10.6. The summed E-state index contributed by atoms with van der Waals surface area (Å²) in [5, 5.41) is 0. The van der Waals surface area contributed by atoms with Crippen LogP contribution in [0.5, 0.6) is 0 Å². The molecule has 0 radical (unpaired) electrons. The molecule has 0 spiro atoms. The summed E-state index contributed by atoms with van der Waals surface area (Å²) in [6.07, 6.45) is 2.58. The van der Waals surface area contributed by atoms with Crippen molar-refractivity contribution in [3.8, 4) is 0 Å². The normalized spacial score (nSPS) is 11.6. The number of carbonyl (C=O) groups excluding carboxylic acids is 2. The van der Waals surface area contributed by atoms with Crippen molar-refractivity contribution >= 4 is 11.8 Å². The molecule has 1 aromatic rings. The van der Waals surface area contributed by atoms with Gasteiger partial charge in [-0.15, -0.1) is 0 Å². The first kappa shape index (κ1) is 14.2. The predicted octanol–water partition coefficient (Wildman–Crippen LogP) is 2.70. The lowest BCUT2D eigenvalue weighted by atomic mass is 10.1. The van der Waals surface area contributed by atoms with E-state index in [9.17, 15) is 9.59 Å². The molecule has 96 valence electrons. The first-order valence-corrected chi connectivity index (χ1v) is 5.97. The zero-order valence-corrected chi connectivity index (χ0v) is 10.6. The molecule has 0 N–H and O–H groups in total. The molecule has 0 saturated heterocycles. The Morgan fingerprint density at radius 1 is 1.33 bits per heavy atom. The van der Waals surface area contributed by atoms with Crippen molar-refractivity contribution < 1.29 is 14.3 Å². The molecule has 0 aliphatic carbocycles. The second-order valence-electron chi connectivity index (χ2n) is 4.17. The van der Waals surface area contributed by atoms with E-state index in [1.54, 1.807) is 6.08 Å². The van der Waals surface area contributed by atoms with Crippen LogP contribution in [0.3, 0.4) is 0 Å². The van der Waals surface area contributed by atoms with Gasteiger partial charge in [0, 0.05) is 0 Å². The fraction of sp³-hybridized carbons (Fsp3) is 0.333. The topological polar surface area (TPSA) is 43.4 Å². The molecule has 1 rings (SSSR count). The molecule has 1 unspecified atom stereocenters. The van der Waals surface area contributed by atoms with Crippen molar-refractivity contribution in [2.75, 3.05) is 0 Å². The van der Waals surface area contributed by atoms with Gasteiger partial charge >= 0.3 is 5.97 Å². The molecule has 0 aliphatic heterocycles. The van der Waals surface area contributed by atoms with E-state index < -0.39 is 5.97 Å². The van der Waals surface area contributed by atoms with Gasteiger partial charge in [-0.1, -0.05) is 43.0 Å². The summed E-state index contributed by atoms with van der Waals surface area (Å²) in [7, 11) is 0. The van der Waals surface area contributed by atoms with Crippen LogP contribution in [0.15, 0.2) is 43.0 Å². The lowest BCUT2D eigenvalue weighted by Crippen LogP contribution is -2.18. The Labute approximate surface area is 107 Å². The number of hydrogen-bond acceptors (Lipinski definition) is 3. The molecule has 0 bridgehead atoms. The van der Waals surface area contributed by atoms with Crippen molar-refractivity contribution in [1.82, 2.24) is 0 Å². The number of esters is 1. The van der Waals surface area contributed by atoms with Crippen LogP contribution in [0.2, 0.25) is 0 Å². The van der Waals surface area contributed by atoms with Gasteiger partial charge in [0.1, 0.15) is 18.3 Å². The van der Waals surface area contributed by atoms with E-state index in [2.05, 4.69) is 6.58 Å². The summed E-state index contributed by atoms with van der Waals surface area (Å²) < 4.78 is 5.15. The molecule has 0 heterocycles. The molecule has 0 fully saturated rings. The van der Waals surface area contributed by atoms with Crippen LogP contribution in [0.25, 0.3) is 0 Å². The first-order chi connectivity index (χ1) is 8.61. The highest BCUT2D eigenvalue weighted by Crippen LogP contribution is 2.09. The number of aryl methyl sites for hydroxylation is 1. The third-order valence-electron chi connectivity index (χ3n) is 2.50. The quantitative estimate of drug-likeness (QED) is 0.422. The van der Waals surface area contributed by atoms with Crippen molar-refractivity contribution in [2.24, 2.45) is 0 Å². The number of carbonyl (C=O) groups is 2. The van der Waals surface area contributed by atoms with E-state index in [1.807, 2.05) is 30.3 Å². The molecular weight excluding hydrogens is 228 g/mol. The van der Waals surface area contributed by atoms with Gasteiger partial charge in [0.05, 0.1) is 0 Å². The van der Waals surface area contributed by atoms with Crippen molar-refractivity contribution in [2.45, 2.75) is 32.3 Å². The van der Waals surface area contributed by atoms with Gasteiger partial charge in [0.2, 0.25) is 0 Å². The SMILES string of the molecule is C=CC(CCc1ccccc1)OC(=O)CC(C)=O. The van der Waals surface area contributed by atoms with Crippen LogP contribution in [0, 0.1) is 0 Å². The largest absolute Gasteiger partial charge is 0.458 e. The third kappa shape index (κ3) is 5.43. The van der Waals surface area contributed by atoms with Crippen molar-refractivity contribution in [3.63, 3.8) is 0 Å². The van der Waals surface area contributed by atoms with Gasteiger partial charge in [-0.05, 0) is 25.3 Å². The van der Waals surface area contributed by atoms with Gasteiger partial charge in [0.15, 0.2) is 0 Å². The minimum atomic E-state index is -0.486. The van der Waals surface area contributed by atoms with Crippen molar-refractivity contribution in [3.05, 3.63) is 48.6 Å². The van der Waals surface area contributed by atoms with E-state index in [1.165, 1.54) is 12.5 Å². The average Bonchev–Trinajstić information content (AvgIpc) is 2.34. The summed E-state index contributed by atoms with van der Waals surface area (Å²) in [4.78, 5) is 22.1. The van der Waals surface area contributed by atoms with Gasteiger partial charge < -0.3 is 4.74 Å². The highest BCUT2D eigenvalue weighted by Gasteiger charge is 2.12. The molecule has 1 atom stereocenters. The van der Waals surface area contributed by atoms with Crippen LogP contribution < -0.4 is 0 Å². The number of ether oxygens (including phenoxy) is 1. The van der Waals surface area contributed by atoms with E-state index >= 15 is 0 Å². The number of hydrogen-bond donors (Lipinski definition) is 0. The lowest BCUT2D eigenvalue weighted by molar-refractivity contribution is -0.148.